The van der Waals surface area contributed by atoms with E-state index in [0.717, 1.165) is 0 Å². The Balaban J connectivity index is -0.0000000800. The second kappa shape index (κ2) is 5.30. The molecule has 0 N–H and O–H groups in total. The number of rotatable bonds is 0. The maximum atomic E-state index is 8.55. The Labute approximate surface area is 61.8 Å². The summed E-state index contributed by atoms with van der Waals surface area (Å²) < 4.78 is 8.55. The van der Waals surface area contributed by atoms with E-state index >= 15 is 0 Å². The molecule has 0 spiro atoms. The van der Waals surface area contributed by atoms with Crippen molar-refractivity contribution >= 4 is 7.82 Å². The zero-order chi connectivity index (χ0) is 4.50. The van der Waals surface area contributed by atoms with Crippen LogP contribution in [0, 0.1) is 0 Å². The molecule has 0 aromatic heterocycles. The van der Waals surface area contributed by atoms with E-state index in [1.807, 2.05) is 0 Å². The largest absolute Gasteiger partial charge is 3.00 e. The molecule has 4 nitrogen and oxygen atoms in total. The van der Waals surface area contributed by atoms with Gasteiger partial charge >= 0.3 is 34.4 Å². The van der Waals surface area contributed by atoms with Gasteiger partial charge in [0.1, 0.15) is 0 Å². The van der Waals surface area contributed by atoms with Gasteiger partial charge in [-0.05, 0) is 0 Å². The van der Waals surface area contributed by atoms with Crippen molar-refractivity contribution in [2.45, 2.75) is 0 Å². The Morgan fingerprint density at radius 1 is 1.14 bits per heavy atom. The van der Waals surface area contributed by atoms with Crippen LogP contribution in [0.15, 0.2) is 0 Å². The standard InChI is InChI=1S/Cr.Fe.H3O4P/c;;1-5(2,3)4/h;;(H3,1,2,3,4)/q+3;+2;/p-3. The summed E-state index contributed by atoms with van der Waals surface area (Å²) in [5, 5.41) is 0. The van der Waals surface area contributed by atoms with E-state index in [0.29, 0.717) is 0 Å². The van der Waals surface area contributed by atoms with Gasteiger partial charge in [-0.3, -0.25) is 0 Å². The Hall–Kier alpha value is 1.16. The molecule has 0 aliphatic carbocycles. The molecular weight excluding hydrogens is 203 g/mol. The molecular formula is CrFeO4P+2. The fourth-order valence-electron chi connectivity index (χ4n) is 0. The minimum atomic E-state index is -5.39. The summed E-state index contributed by atoms with van der Waals surface area (Å²) in [6.45, 7) is 0. The van der Waals surface area contributed by atoms with Gasteiger partial charge in [-0.15, -0.1) is 0 Å². The SMILES string of the molecule is O=P([O-])([O-])[O-].[Cr+3].[Fe+2]. The molecule has 0 bridgehead atoms. The first kappa shape index (κ1) is 15.7. The third-order valence-electron chi connectivity index (χ3n) is 0. The van der Waals surface area contributed by atoms with Crippen molar-refractivity contribution in [1.82, 2.24) is 0 Å². The normalized spacial score (nSPS) is 8.43. The molecule has 0 aromatic carbocycles. The quantitative estimate of drug-likeness (QED) is 0.313. The zero-order valence-electron chi connectivity index (χ0n) is 2.84. The average Bonchev–Trinajstić information content (AvgIpc) is 0.722. The third kappa shape index (κ3) is 141. The molecule has 1 radical (unpaired) electrons. The van der Waals surface area contributed by atoms with Crippen LogP contribution in [0.25, 0.3) is 0 Å². The summed E-state index contributed by atoms with van der Waals surface area (Å²) in [4.78, 5) is 25.6. The maximum absolute atomic E-state index is 8.55. The van der Waals surface area contributed by atoms with E-state index in [9.17, 15) is 0 Å². The summed E-state index contributed by atoms with van der Waals surface area (Å²) in [5.41, 5.74) is 0. The Morgan fingerprint density at radius 2 is 1.14 bits per heavy atom. The fraction of sp³-hybridized carbons (Fsp3) is 0. The van der Waals surface area contributed by atoms with Crippen LogP contribution in [0.4, 0.5) is 0 Å². The van der Waals surface area contributed by atoms with E-state index < -0.39 is 7.82 Å². The second-order valence-electron chi connectivity index (χ2n) is 0.447. The Kier molecular flexibility index (Phi) is 11.9. The molecule has 0 saturated heterocycles. The van der Waals surface area contributed by atoms with Crippen molar-refractivity contribution in [3.8, 4) is 0 Å². The predicted molar refractivity (Wildman–Crippen MR) is 7.61 cm³/mol. The van der Waals surface area contributed by atoms with Gasteiger partial charge in [-0.25, -0.2) is 0 Å². The van der Waals surface area contributed by atoms with Gasteiger partial charge in [0.2, 0.25) is 0 Å². The van der Waals surface area contributed by atoms with Gasteiger partial charge < -0.3 is 19.2 Å². The molecule has 7 heavy (non-hydrogen) atoms. The number of phosphoric acid groups is 1. The topological polar surface area (TPSA) is 86.2 Å². The van der Waals surface area contributed by atoms with E-state index in [2.05, 4.69) is 0 Å². The minimum absolute atomic E-state index is 0. The molecule has 0 aliphatic rings. The van der Waals surface area contributed by atoms with E-state index in [1.54, 1.807) is 0 Å². The molecule has 0 rings (SSSR count). The Bertz CT molecular complexity index is 57.8. The van der Waals surface area contributed by atoms with Crippen LogP contribution in [0.2, 0.25) is 0 Å². The molecule has 0 fully saturated rings. The van der Waals surface area contributed by atoms with Gasteiger partial charge in [0.15, 0.2) is 0 Å². The summed E-state index contributed by atoms with van der Waals surface area (Å²) in [7, 11) is -5.39. The molecule has 0 unspecified atom stereocenters. The first-order valence-corrected chi connectivity index (χ1v) is 2.19. The predicted octanol–water partition coefficient (Wildman–Crippen LogP) is -2.83. The van der Waals surface area contributed by atoms with Crippen LogP contribution in [0.1, 0.15) is 0 Å². The van der Waals surface area contributed by atoms with Crippen LogP contribution in [-0.2, 0) is 39.0 Å². The van der Waals surface area contributed by atoms with Gasteiger partial charge in [0.05, 0.1) is 0 Å². The van der Waals surface area contributed by atoms with Crippen molar-refractivity contribution < 1.29 is 53.7 Å². The molecule has 0 amide bonds. The maximum Gasteiger partial charge on any atom is 3.00 e. The van der Waals surface area contributed by atoms with Crippen molar-refractivity contribution in [2.24, 2.45) is 0 Å². The third-order valence-corrected chi connectivity index (χ3v) is 0. The van der Waals surface area contributed by atoms with E-state index in [4.69, 9.17) is 19.2 Å². The average molecular weight is 203 g/mol. The molecule has 0 aromatic rings. The first-order valence-electron chi connectivity index (χ1n) is 0.730. The van der Waals surface area contributed by atoms with Crippen molar-refractivity contribution in [2.75, 3.05) is 0 Å². The van der Waals surface area contributed by atoms with Crippen LogP contribution >= 0.6 is 7.82 Å². The summed E-state index contributed by atoms with van der Waals surface area (Å²) >= 11 is 0. The first-order chi connectivity index (χ1) is 2.00. The minimum Gasteiger partial charge on any atom is -0.822 e. The fourth-order valence-corrected chi connectivity index (χ4v) is 0. The molecule has 41 valence electrons. The smallest absolute Gasteiger partial charge is 0.822 e. The van der Waals surface area contributed by atoms with E-state index in [1.165, 1.54) is 0 Å². The van der Waals surface area contributed by atoms with Crippen LogP contribution in [-0.4, -0.2) is 0 Å². The molecule has 0 heterocycles. The molecule has 0 saturated carbocycles. The summed E-state index contributed by atoms with van der Waals surface area (Å²) in [6, 6.07) is 0. The molecule has 0 atom stereocenters. The number of hydrogen-bond acceptors (Lipinski definition) is 4. The van der Waals surface area contributed by atoms with Gasteiger partial charge in [0.25, 0.3) is 0 Å². The number of hydrogen-bond donors (Lipinski definition) is 0. The van der Waals surface area contributed by atoms with Crippen LogP contribution < -0.4 is 14.7 Å². The van der Waals surface area contributed by atoms with E-state index in [-0.39, 0.29) is 34.4 Å². The zero-order valence-corrected chi connectivity index (χ0v) is 6.12. The van der Waals surface area contributed by atoms with Crippen LogP contribution in [0.3, 0.4) is 0 Å². The van der Waals surface area contributed by atoms with Crippen molar-refractivity contribution in [3.63, 3.8) is 0 Å². The summed E-state index contributed by atoms with van der Waals surface area (Å²) in [5.74, 6) is 0. The molecule has 0 aliphatic heterocycles. The Morgan fingerprint density at radius 3 is 1.14 bits per heavy atom. The van der Waals surface area contributed by atoms with Gasteiger partial charge in [-0.1, -0.05) is 0 Å². The van der Waals surface area contributed by atoms with Gasteiger partial charge in [-0.2, -0.15) is 7.82 Å². The van der Waals surface area contributed by atoms with Crippen molar-refractivity contribution in [1.29, 1.82) is 0 Å². The van der Waals surface area contributed by atoms with Crippen LogP contribution in [0.5, 0.6) is 0 Å². The molecule has 7 heteroatoms. The monoisotopic (exact) mass is 203 g/mol. The summed E-state index contributed by atoms with van der Waals surface area (Å²) in [6.07, 6.45) is 0. The van der Waals surface area contributed by atoms with Gasteiger partial charge in [0, 0.05) is 0 Å². The second-order valence-corrected chi connectivity index (χ2v) is 1.34. The van der Waals surface area contributed by atoms with Crippen molar-refractivity contribution in [3.05, 3.63) is 0 Å².